The molecule has 0 aromatic heterocycles. The van der Waals surface area contributed by atoms with E-state index in [2.05, 4.69) is 60.7 Å². The van der Waals surface area contributed by atoms with Crippen LogP contribution in [0.2, 0.25) is 0 Å². The maximum atomic E-state index is 5.97. The van der Waals surface area contributed by atoms with Gasteiger partial charge in [-0.3, -0.25) is 4.90 Å². The molecule has 0 N–H and O–H groups in total. The van der Waals surface area contributed by atoms with Crippen molar-refractivity contribution in [3.63, 3.8) is 0 Å². The number of hydrogen-bond acceptors (Lipinski definition) is 3. The third-order valence-corrected chi connectivity index (χ3v) is 4.80. The summed E-state index contributed by atoms with van der Waals surface area (Å²) in [6.07, 6.45) is 3.50. The van der Waals surface area contributed by atoms with Gasteiger partial charge < -0.3 is 9.47 Å². The molecular formula is C22H23NO2. The fourth-order valence-electron chi connectivity index (χ4n) is 3.50. The normalized spacial score (nSPS) is 17.6. The monoisotopic (exact) mass is 333 g/mol. The number of morpholine rings is 1. The fraction of sp³-hybridized carbons (Fsp3) is 0.318. The van der Waals surface area contributed by atoms with E-state index in [1.165, 1.54) is 22.3 Å². The Kier molecular flexibility index (Phi) is 4.86. The first kappa shape index (κ1) is 16.4. The summed E-state index contributed by atoms with van der Waals surface area (Å²) in [4.78, 5) is 2.38. The van der Waals surface area contributed by atoms with Crippen molar-refractivity contribution in [3.05, 3.63) is 77.2 Å². The molecule has 1 aliphatic carbocycles. The lowest BCUT2D eigenvalue weighted by atomic mass is 9.98. The molecular weight excluding hydrogens is 310 g/mol. The van der Waals surface area contributed by atoms with Crippen LogP contribution in [0.1, 0.15) is 23.6 Å². The second-order valence-corrected chi connectivity index (χ2v) is 6.50. The predicted molar refractivity (Wildman–Crippen MR) is 99.7 cm³/mol. The van der Waals surface area contributed by atoms with Crippen LogP contribution < -0.4 is 4.74 Å². The summed E-state index contributed by atoms with van der Waals surface area (Å²) in [5, 5.41) is 0. The first-order valence-electron chi connectivity index (χ1n) is 8.92. The summed E-state index contributed by atoms with van der Waals surface area (Å²) in [7, 11) is 0. The van der Waals surface area contributed by atoms with E-state index in [1.54, 1.807) is 0 Å². The van der Waals surface area contributed by atoms with Gasteiger partial charge in [0.2, 0.25) is 0 Å². The van der Waals surface area contributed by atoms with E-state index in [1.807, 2.05) is 6.07 Å². The molecule has 25 heavy (non-hydrogen) atoms. The summed E-state index contributed by atoms with van der Waals surface area (Å²) >= 11 is 0. The fourth-order valence-corrected chi connectivity index (χ4v) is 3.50. The predicted octanol–water partition coefficient (Wildman–Crippen LogP) is 3.66. The maximum Gasteiger partial charge on any atom is 0.119 e. The van der Waals surface area contributed by atoms with Crippen LogP contribution in [0.25, 0.3) is 5.57 Å². The first-order chi connectivity index (χ1) is 12.3. The summed E-state index contributed by atoms with van der Waals surface area (Å²) in [5.74, 6) is 0.918. The van der Waals surface area contributed by atoms with E-state index >= 15 is 0 Å². The number of nitrogens with zero attached hydrogens (tertiary/aromatic N) is 1. The number of rotatable bonds is 5. The lowest BCUT2D eigenvalue weighted by Gasteiger charge is -2.26. The molecule has 2 aromatic carbocycles. The molecule has 0 spiro atoms. The van der Waals surface area contributed by atoms with Crippen molar-refractivity contribution in [1.82, 2.24) is 4.90 Å². The van der Waals surface area contributed by atoms with Gasteiger partial charge in [0.1, 0.15) is 12.4 Å². The number of ether oxygens (including phenoxy) is 2. The molecule has 4 rings (SSSR count). The molecule has 0 bridgehead atoms. The Bertz CT molecular complexity index is 761. The van der Waals surface area contributed by atoms with Crippen molar-refractivity contribution >= 4 is 5.57 Å². The molecule has 3 heteroatoms. The molecule has 2 aromatic rings. The highest BCUT2D eigenvalue weighted by Gasteiger charge is 2.21. The van der Waals surface area contributed by atoms with E-state index in [0.29, 0.717) is 6.61 Å². The zero-order valence-corrected chi connectivity index (χ0v) is 14.6. The van der Waals surface area contributed by atoms with Crippen LogP contribution in [0.15, 0.2) is 54.1 Å². The van der Waals surface area contributed by atoms with Crippen LogP contribution in [-0.2, 0) is 4.74 Å². The highest BCUT2D eigenvalue weighted by molar-refractivity contribution is 5.90. The molecule has 1 aliphatic heterocycles. The Morgan fingerprint density at radius 3 is 2.68 bits per heavy atom. The van der Waals surface area contributed by atoms with Gasteiger partial charge in [-0.15, -0.1) is 0 Å². The molecule has 1 fully saturated rings. The summed E-state index contributed by atoms with van der Waals surface area (Å²) in [5.41, 5.74) is 6.07. The second kappa shape index (κ2) is 7.42. The van der Waals surface area contributed by atoms with Crippen LogP contribution in [0.3, 0.4) is 0 Å². The third-order valence-electron chi connectivity index (χ3n) is 4.80. The number of benzene rings is 2. The van der Waals surface area contributed by atoms with Gasteiger partial charge in [0.15, 0.2) is 0 Å². The van der Waals surface area contributed by atoms with Crippen molar-refractivity contribution in [2.45, 2.75) is 6.92 Å². The van der Waals surface area contributed by atoms with Gasteiger partial charge in [0, 0.05) is 26.1 Å². The topological polar surface area (TPSA) is 21.7 Å². The van der Waals surface area contributed by atoms with Crippen molar-refractivity contribution in [2.24, 2.45) is 0 Å². The van der Waals surface area contributed by atoms with E-state index in [-0.39, 0.29) is 0 Å². The molecule has 128 valence electrons. The van der Waals surface area contributed by atoms with Gasteiger partial charge >= 0.3 is 0 Å². The minimum atomic E-state index is 0.705. The molecule has 0 unspecified atom stereocenters. The highest BCUT2D eigenvalue weighted by Crippen LogP contribution is 2.39. The van der Waals surface area contributed by atoms with E-state index in [4.69, 9.17) is 9.47 Å². The van der Waals surface area contributed by atoms with Crippen molar-refractivity contribution in [3.8, 4) is 5.75 Å². The molecule has 0 atom stereocenters. The molecule has 2 radical (unpaired) electrons. The van der Waals surface area contributed by atoms with Gasteiger partial charge in [0.05, 0.1) is 13.2 Å². The first-order valence-corrected chi connectivity index (χ1v) is 8.92. The Morgan fingerprint density at radius 1 is 1.08 bits per heavy atom. The van der Waals surface area contributed by atoms with Crippen LogP contribution in [0.4, 0.5) is 0 Å². The smallest absolute Gasteiger partial charge is 0.119 e. The molecule has 0 saturated carbocycles. The van der Waals surface area contributed by atoms with Gasteiger partial charge in [-0.2, -0.15) is 0 Å². The van der Waals surface area contributed by atoms with Crippen molar-refractivity contribution in [1.29, 1.82) is 0 Å². The second-order valence-electron chi connectivity index (χ2n) is 6.50. The molecule has 0 amide bonds. The van der Waals surface area contributed by atoms with Gasteiger partial charge in [-0.1, -0.05) is 42.0 Å². The van der Waals surface area contributed by atoms with E-state index < -0.39 is 0 Å². The molecule has 2 aliphatic rings. The zero-order valence-electron chi connectivity index (χ0n) is 14.6. The van der Waals surface area contributed by atoms with E-state index in [9.17, 15) is 0 Å². The summed E-state index contributed by atoms with van der Waals surface area (Å²) < 4.78 is 11.3. The standard InChI is InChI=1S/C22H23NO2/c1-17-15-19-16-20(25-14-11-23-9-12-24-13-10-23)7-8-21(19)22(17)18-5-3-2-4-6-18/h2-8,16H,9-14H2,1H3. The Hall–Kier alpha value is -2.10. The number of allylic oxidation sites excluding steroid dienone is 1. The average molecular weight is 333 g/mol. The lowest BCUT2D eigenvalue weighted by molar-refractivity contribution is 0.0322. The van der Waals surface area contributed by atoms with Gasteiger partial charge in [-0.05, 0) is 41.3 Å². The van der Waals surface area contributed by atoms with Crippen LogP contribution in [0.5, 0.6) is 5.75 Å². The Balaban J connectivity index is 1.43. The highest BCUT2D eigenvalue weighted by atomic mass is 16.5. The minimum absolute atomic E-state index is 0.705. The third kappa shape index (κ3) is 3.63. The minimum Gasteiger partial charge on any atom is -0.492 e. The molecule has 3 nitrogen and oxygen atoms in total. The summed E-state index contributed by atoms with van der Waals surface area (Å²) in [6, 6.07) is 16.9. The largest absolute Gasteiger partial charge is 0.492 e. The Morgan fingerprint density at radius 2 is 1.88 bits per heavy atom. The van der Waals surface area contributed by atoms with Crippen LogP contribution >= 0.6 is 0 Å². The SMILES string of the molecule is CC1=C(c2ccccc2)c2ccc(OCCN3CCOCC3)cc2[C]1. The molecule has 1 heterocycles. The number of hydrogen-bond donors (Lipinski definition) is 0. The maximum absolute atomic E-state index is 5.97. The van der Waals surface area contributed by atoms with Gasteiger partial charge in [0.25, 0.3) is 0 Å². The Labute approximate surface area is 149 Å². The van der Waals surface area contributed by atoms with E-state index in [0.717, 1.165) is 44.2 Å². The quantitative estimate of drug-likeness (QED) is 0.833. The zero-order chi connectivity index (χ0) is 17.1. The van der Waals surface area contributed by atoms with Crippen molar-refractivity contribution in [2.75, 3.05) is 39.5 Å². The van der Waals surface area contributed by atoms with Crippen molar-refractivity contribution < 1.29 is 9.47 Å². The van der Waals surface area contributed by atoms with Gasteiger partial charge in [-0.25, -0.2) is 0 Å². The lowest BCUT2D eigenvalue weighted by Crippen LogP contribution is -2.38. The summed E-state index contributed by atoms with van der Waals surface area (Å²) in [6.45, 7) is 7.43. The number of fused-ring (bicyclic) bond motifs is 1. The van der Waals surface area contributed by atoms with Crippen LogP contribution in [0, 0.1) is 6.42 Å². The molecule has 1 saturated heterocycles. The average Bonchev–Trinajstić information content (AvgIpc) is 2.98. The van der Waals surface area contributed by atoms with Crippen LogP contribution in [-0.4, -0.2) is 44.4 Å².